The van der Waals surface area contributed by atoms with E-state index in [1.165, 1.54) is 16.9 Å². The van der Waals surface area contributed by atoms with E-state index in [2.05, 4.69) is 39.7 Å². The third-order valence-corrected chi connectivity index (χ3v) is 6.78. The zero-order chi connectivity index (χ0) is 21.8. The second-order valence-corrected chi connectivity index (χ2v) is 9.61. The van der Waals surface area contributed by atoms with Crippen molar-refractivity contribution < 1.29 is 4.79 Å². The molecule has 1 saturated heterocycles. The number of hydrogen-bond donors (Lipinski definition) is 2. The molecule has 162 valence electrons. The van der Waals surface area contributed by atoms with Crippen molar-refractivity contribution in [2.75, 3.05) is 18.4 Å². The van der Waals surface area contributed by atoms with Crippen LogP contribution in [0.5, 0.6) is 0 Å². The number of piperidine rings is 1. The van der Waals surface area contributed by atoms with Gasteiger partial charge >= 0.3 is 0 Å². The van der Waals surface area contributed by atoms with Crippen LogP contribution in [0.15, 0.2) is 48.5 Å². The molecule has 1 aliphatic rings. The predicted molar refractivity (Wildman–Crippen MR) is 129 cm³/mol. The Hall–Kier alpha value is -2.55. The molecule has 2 aromatic carbocycles. The lowest BCUT2D eigenvalue weighted by Gasteiger charge is -2.32. The number of hydrogen-bond acceptors (Lipinski definition) is 6. The number of likely N-dealkylation sites (tertiary alicyclic amines) is 1. The van der Waals surface area contributed by atoms with Gasteiger partial charge in [0, 0.05) is 30.4 Å². The molecule has 1 fully saturated rings. The summed E-state index contributed by atoms with van der Waals surface area (Å²) in [6, 6.07) is 16.1. The Kier molecular flexibility index (Phi) is 6.80. The molecule has 0 radical (unpaired) electrons. The quantitative estimate of drug-likeness (QED) is 0.521. The first kappa shape index (κ1) is 21.7. The molecule has 6 nitrogen and oxygen atoms in total. The zero-order valence-electron chi connectivity index (χ0n) is 17.8. The van der Waals surface area contributed by atoms with Crippen molar-refractivity contribution in [1.29, 1.82) is 0 Å². The van der Waals surface area contributed by atoms with E-state index < -0.39 is 0 Å². The molecule has 0 aliphatic carbocycles. The van der Waals surface area contributed by atoms with Crippen LogP contribution in [-0.4, -0.2) is 39.7 Å². The van der Waals surface area contributed by atoms with Crippen LogP contribution in [0.4, 0.5) is 10.8 Å². The minimum absolute atomic E-state index is 0.0186. The highest BCUT2D eigenvalue weighted by Gasteiger charge is 2.22. The summed E-state index contributed by atoms with van der Waals surface area (Å²) in [6.07, 6.45) is 1.84. The Morgan fingerprint density at radius 2 is 1.84 bits per heavy atom. The van der Waals surface area contributed by atoms with E-state index in [4.69, 9.17) is 12.2 Å². The second kappa shape index (κ2) is 9.72. The molecule has 2 heterocycles. The number of benzene rings is 2. The summed E-state index contributed by atoms with van der Waals surface area (Å²) in [5.41, 5.74) is 3.99. The number of carbonyl (C=O) groups excluding carboxylic acids is 1. The molecule has 0 saturated carbocycles. The maximum atomic E-state index is 12.6. The second-order valence-electron chi connectivity index (χ2n) is 7.99. The van der Waals surface area contributed by atoms with Gasteiger partial charge in [0.05, 0.1) is 6.67 Å². The minimum atomic E-state index is 0.0186. The molecule has 1 aliphatic heterocycles. The summed E-state index contributed by atoms with van der Waals surface area (Å²) in [6.45, 7) is 6.51. The average Bonchev–Trinajstić information content (AvgIpc) is 3.10. The molecule has 2 N–H and O–H groups in total. The Balaban J connectivity index is 1.29. The Bertz CT molecular complexity index is 1100. The van der Waals surface area contributed by atoms with Gasteiger partial charge in [-0.15, -0.1) is 5.10 Å². The largest absolute Gasteiger partial charge is 0.349 e. The van der Waals surface area contributed by atoms with Gasteiger partial charge in [-0.3, -0.25) is 9.69 Å². The standard InChI is InChI=1S/C23H27N5OS2/c1-16-7-9-18(10-8-16)25-22-26-28(23(30)31-22)15-27-13-11-19(12-14-27)24-21(29)20-6-4-3-5-17(20)2/h3-10,19H,11-15H2,1-2H3,(H,24,29)(H,25,26). The molecule has 1 amide bonds. The van der Waals surface area contributed by atoms with Crippen molar-refractivity contribution in [3.05, 3.63) is 69.2 Å². The van der Waals surface area contributed by atoms with Crippen LogP contribution in [0.2, 0.25) is 0 Å². The fourth-order valence-corrected chi connectivity index (χ4v) is 4.72. The third kappa shape index (κ3) is 5.58. The molecule has 8 heteroatoms. The highest BCUT2D eigenvalue weighted by molar-refractivity contribution is 7.73. The number of carbonyl (C=O) groups is 1. The van der Waals surface area contributed by atoms with Gasteiger partial charge in [0.15, 0.2) is 3.95 Å². The molecule has 1 aromatic heterocycles. The van der Waals surface area contributed by atoms with Crippen LogP contribution in [0.3, 0.4) is 0 Å². The molecule has 0 atom stereocenters. The number of aromatic nitrogens is 2. The molecule has 0 unspecified atom stereocenters. The lowest BCUT2D eigenvalue weighted by atomic mass is 10.0. The zero-order valence-corrected chi connectivity index (χ0v) is 19.4. The summed E-state index contributed by atoms with van der Waals surface area (Å²) < 4.78 is 2.63. The smallest absolute Gasteiger partial charge is 0.251 e. The summed E-state index contributed by atoms with van der Waals surface area (Å²) >= 11 is 7.00. The maximum Gasteiger partial charge on any atom is 0.251 e. The molecule has 31 heavy (non-hydrogen) atoms. The summed E-state index contributed by atoms with van der Waals surface area (Å²) in [5.74, 6) is 0.0186. The summed E-state index contributed by atoms with van der Waals surface area (Å²) in [7, 11) is 0. The van der Waals surface area contributed by atoms with Crippen molar-refractivity contribution in [3.63, 3.8) is 0 Å². The van der Waals surface area contributed by atoms with Crippen LogP contribution in [0.25, 0.3) is 0 Å². The molecule has 0 spiro atoms. The third-order valence-electron chi connectivity index (χ3n) is 5.56. The summed E-state index contributed by atoms with van der Waals surface area (Å²) in [4.78, 5) is 14.9. The van der Waals surface area contributed by atoms with Crippen molar-refractivity contribution in [3.8, 4) is 0 Å². The van der Waals surface area contributed by atoms with E-state index in [1.54, 1.807) is 0 Å². The van der Waals surface area contributed by atoms with Crippen LogP contribution >= 0.6 is 23.6 Å². The molecular weight excluding hydrogens is 426 g/mol. The van der Waals surface area contributed by atoms with Gasteiger partial charge in [0.2, 0.25) is 5.13 Å². The molecular formula is C23H27N5OS2. The fourth-order valence-electron chi connectivity index (χ4n) is 3.71. The number of nitrogens with zero attached hydrogens (tertiary/aromatic N) is 3. The lowest BCUT2D eigenvalue weighted by molar-refractivity contribution is 0.0895. The molecule has 4 rings (SSSR count). The van der Waals surface area contributed by atoms with Crippen LogP contribution in [0.1, 0.15) is 34.3 Å². The maximum absolute atomic E-state index is 12.6. The highest BCUT2D eigenvalue weighted by atomic mass is 32.1. The van der Waals surface area contributed by atoms with E-state index in [0.29, 0.717) is 6.67 Å². The van der Waals surface area contributed by atoms with Gasteiger partial charge in [0.25, 0.3) is 5.91 Å². The monoisotopic (exact) mass is 453 g/mol. The van der Waals surface area contributed by atoms with E-state index in [1.807, 2.05) is 48.0 Å². The van der Waals surface area contributed by atoms with Gasteiger partial charge < -0.3 is 10.6 Å². The van der Waals surface area contributed by atoms with Crippen molar-refractivity contribution in [1.82, 2.24) is 20.0 Å². The first-order valence-electron chi connectivity index (χ1n) is 10.5. The van der Waals surface area contributed by atoms with Crippen LogP contribution < -0.4 is 10.6 Å². The van der Waals surface area contributed by atoms with Gasteiger partial charge in [-0.25, -0.2) is 4.68 Å². The minimum Gasteiger partial charge on any atom is -0.349 e. The van der Waals surface area contributed by atoms with Gasteiger partial charge in [-0.05, 0) is 62.7 Å². The van der Waals surface area contributed by atoms with E-state index >= 15 is 0 Å². The van der Waals surface area contributed by atoms with E-state index in [-0.39, 0.29) is 11.9 Å². The number of anilines is 2. The first-order chi connectivity index (χ1) is 15.0. The number of nitrogens with one attached hydrogen (secondary N) is 2. The number of rotatable bonds is 6. The van der Waals surface area contributed by atoms with Gasteiger partial charge in [-0.2, -0.15) is 0 Å². The normalized spacial score (nSPS) is 15.0. The fraction of sp³-hybridized carbons (Fsp3) is 0.348. The van der Waals surface area contributed by atoms with Crippen molar-refractivity contribution >= 4 is 40.3 Å². The molecule has 0 bridgehead atoms. The predicted octanol–water partition coefficient (Wildman–Crippen LogP) is 4.89. The highest BCUT2D eigenvalue weighted by Crippen LogP contribution is 2.21. The first-order valence-corrected chi connectivity index (χ1v) is 11.7. The van der Waals surface area contributed by atoms with Crippen LogP contribution in [0, 0.1) is 17.8 Å². The van der Waals surface area contributed by atoms with E-state index in [9.17, 15) is 4.79 Å². The Morgan fingerprint density at radius 3 is 2.55 bits per heavy atom. The van der Waals surface area contributed by atoms with Crippen molar-refractivity contribution in [2.24, 2.45) is 0 Å². The number of aryl methyl sites for hydroxylation is 2. The van der Waals surface area contributed by atoms with Crippen molar-refractivity contribution in [2.45, 2.75) is 39.4 Å². The average molecular weight is 454 g/mol. The van der Waals surface area contributed by atoms with Gasteiger partial charge in [0.1, 0.15) is 0 Å². The Morgan fingerprint density at radius 1 is 1.13 bits per heavy atom. The SMILES string of the molecule is Cc1ccc(Nc2nn(CN3CCC(NC(=O)c4ccccc4C)CC3)c(=S)s2)cc1. The van der Waals surface area contributed by atoms with Gasteiger partial charge in [-0.1, -0.05) is 47.2 Å². The topological polar surface area (TPSA) is 62.2 Å². The lowest BCUT2D eigenvalue weighted by Crippen LogP contribution is -2.45. The van der Waals surface area contributed by atoms with Crippen LogP contribution in [-0.2, 0) is 6.67 Å². The number of amides is 1. The Labute approximate surface area is 191 Å². The summed E-state index contributed by atoms with van der Waals surface area (Å²) in [5, 5.41) is 12.0. The molecule has 3 aromatic rings. The van der Waals surface area contributed by atoms with E-state index in [0.717, 1.165) is 51.8 Å².